The van der Waals surface area contributed by atoms with Crippen molar-refractivity contribution in [2.24, 2.45) is 0 Å². The van der Waals surface area contributed by atoms with Crippen LogP contribution in [0.15, 0.2) is 41.8 Å². The topological polar surface area (TPSA) is 79.2 Å². The number of ether oxygens (including phenoxy) is 1. The highest BCUT2D eigenvalue weighted by molar-refractivity contribution is 7.17. The molecular formula is C21H16N2O3S2. The lowest BCUT2D eigenvalue weighted by Gasteiger charge is -2.15. The summed E-state index contributed by atoms with van der Waals surface area (Å²) in [5.74, 6) is -0.967. The predicted molar refractivity (Wildman–Crippen MR) is 110 cm³/mol. The Bertz CT molecular complexity index is 1110. The third-order valence-electron chi connectivity index (χ3n) is 4.61. The number of nitrogens with one attached hydrogen (secondary N) is 1. The van der Waals surface area contributed by atoms with Crippen molar-refractivity contribution in [2.45, 2.75) is 25.9 Å². The van der Waals surface area contributed by atoms with Crippen LogP contribution in [0.25, 0.3) is 10.4 Å². The maximum Gasteiger partial charge on any atom is 0.349 e. The fourth-order valence-corrected chi connectivity index (χ4v) is 5.05. The maximum absolute atomic E-state index is 12.6. The van der Waals surface area contributed by atoms with Gasteiger partial charge in [0.1, 0.15) is 15.9 Å². The third-order valence-corrected chi connectivity index (χ3v) is 6.63. The standard InChI is InChI=1S/C21H16N2O3S2/c1-12(19(24)23-20-15(11-22)8-9-27-20)26-21(25)17-10-14-7-6-13-4-2-3-5-16(13)18(14)28-17/h2-5,8-10,12H,6-7H2,1H3,(H,23,24)/t12-/m1/s1. The van der Waals surface area contributed by atoms with Crippen molar-refractivity contribution in [3.05, 3.63) is 63.3 Å². The van der Waals surface area contributed by atoms with Crippen LogP contribution in [0.5, 0.6) is 0 Å². The van der Waals surface area contributed by atoms with E-state index in [4.69, 9.17) is 10.00 Å². The molecule has 0 spiro atoms. The quantitative estimate of drug-likeness (QED) is 0.638. The van der Waals surface area contributed by atoms with Crippen LogP contribution in [0.2, 0.25) is 0 Å². The molecule has 0 fully saturated rings. The minimum Gasteiger partial charge on any atom is -0.448 e. The molecule has 2 heterocycles. The summed E-state index contributed by atoms with van der Waals surface area (Å²) < 4.78 is 5.37. The molecule has 0 aliphatic heterocycles. The lowest BCUT2D eigenvalue weighted by Crippen LogP contribution is -2.29. The van der Waals surface area contributed by atoms with E-state index in [1.54, 1.807) is 11.4 Å². The van der Waals surface area contributed by atoms with E-state index in [1.807, 2.05) is 24.3 Å². The van der Waals surface area contributed by atoms with Crippen molar-refractivity contribution < 1.29 is 14.3 Å². The summed E-state index contributed by atoms with van der Waals surface area (Å²) in [7, 11) is 0. The fraction of sp³-hybridized carbons (Fsp3) is 0.190. The smallest absolute Gasteiger partial charge is 0.349 e. The number of thiophene rings is 2. The zero-order chi connectivity index (χ0) is 19.7. The van der Waals surface area contributed by atoms with E-state index in [0.29, 0.717) is 15.4 Å². The highest BCUT2D eigenvalue weighted by Gasteiger charge is 2.25. The van der Waals surface area contributed by atoms with Crippen molar-refractivity contribution in [2.75, 3.05) is 5.32 Å². The molecule has 1 aromatic carbocycles. The Morgan fingerprint density at radius 2 is 2.00 bits per heavy atom. The number of rotatable bonds is 4. The summed E-state index contributed by atoms with van der Waals surface area (Å²) in [4.78, 5) is 26.5. The zero-order valence-corrected chi connectivity index (χ0v) is 16.7. The molecule has 1 aliphatic carbocycles. The van der Waals surface area contributed by atoms with E-state index in [-0.39, 0.29) is 0 Å². The molecule has 7 heteroatoms. The molecule has 1 N–H and O–H groups in total. The Morgan fingerprint density at radius 3 is 2.82 bits per heavy atom. The summed E-state index contributed by atoms with van der Waals surface area (Å²) in [5, 5.41) is 13.8. The first kappa shape index (κ1) is 18.4. The second-order valence-corrected chi connectivity index (χ2v) is 8.40. The average Bonchev–Trinajstić information content (AvgIpc) is 3.34. The number of aryl methyl sites for hydroxylation is 2. The van der Waals surface area contributed by atoms with Gasteiger partial charge in [0.25, 0.3) is 5.91 Å². The van der Waals surface area contributed by atoms with E-state index in [1.165, 1.54) is 40.7 Å². The van der Waals surface area contributed by atoms with Crippen LogP contribution in [0, 0.1) is 11.3 Å². The van der Waals surface area contributed by atoms with E-state index < -0.39 is 18.0 Å². The Hall–Kier alpha value is -2.95. The number of nitrogens with zero attached hydrogens (tertiary/aromatic N) is 1. The number of carbonyl (C=O) groups is 2. The molecule has 140 valence electrons. The van der Waals surface area contributed by atoms with Gasteiger partial charge in [0, 0.05) is 4.88 Å². The number of anilines is 1. The van der Waals surface area contributed by atoms with Crippen molar-refractivity contribution >= 4 is 39.6 Å². The van der Waals surface area contributed by atoms with Gasteiger partial charge in [-0.15, -0.1) is 22.7 Å². The number of amides is 1. The summed E-state index contributed by atoms with van der Waals surface area (Å²) in [5.41, 5.74) is 3.99. The van der Waals surface area contributed by atoms with Crippen LogP contribution in [-0.2, 0) is 22.4 Å². The lowest BCUT2D eigenvalue weighted by molar-refractivity contribution is -0.123. The van der Waals surface area contributed by atoms with Gasteiger partial charge < -0.3 is 10.1 Å². The number of benzene rings is 1. The van der Waals surface area contributed by atoms with Gasteiger partial charge >= 0.3 is 5.97 Å². The van der Waals surface area contributed by atoms with E-state index in [2.05, 4.69) is 17.4 Å². The summed E-state index contributed by atoms with van der Waals surface area (Å²) >= 11 is 2.66. The number of nitriles is 1. The monoisotopic (exact) mass is 408 g/mol. The van der Waals surface area contributed by atoms with Crippen molar-refractivity contribution in [3.8, 4) is 16.5 Å². The number of esters is 1. The van der Waals surface area contributed by atoms with E-state index >= 15 is 0 Å². The van der Waals surface area contributed by atoms with Gasteiger partial charge in [-0.25, -0.2) is 4.79 Å². The molecular weight excluding hydrogens is 392 g/mol. The first-order valence-corrected chi connectivity index (χ1v) is 10.5. The first-order valence-electron chi connectivity index (χ1n) is 8.77. The molecule has 28 heavy (non-hydrogen) atoms. The van der Waals surface area contributed by atoms with Crippen LogP contribution < -0.4 is 5.32 Å². The lowest BCUT2D eigenvalue weighted by atomic mass is 9.91. The van der Waals surface area contributed by atoms with Gasteiger partial charge in [-0.1, -0.05) is 24.3 Å². The highest BCUT2D eigenvalue weighted by atomic mass is 32.1. The third kappa shape index (κ3) is 3.44. The predicted octanol–water partition coefficient (Wildman–Crippen LogP) is 4.63. The zero-order valence-electron chi connectivity index (χ0n) is 15.0. The Kier molecular flexibility index (Phi) is 4.99. The molecule has 1 amide bonds. The molecule has 1 aliphatic rings. The first-order chi connectivity index (χ1) is 13.6. The highest BCUT2D eigenvalue weighted by Crippen LogP contribution is 2.39. The minimum absolute atomic E-state index is 0.390. The van der Waals surface area contributed by atoms with Crippen molar-refractivity contribution in [1.82, 2.24) is 0 Å². The molecule has 0 unspecified atom stereocenters. The molecule has 1 atom stereocenters. The molecule has 2 aromatic heterocycles. The van der Waals surface area contributed by atoms with E-state index in [9.17, 15) is 9.59 Å². The molecule has 0 saturated heterocycles. The largest absolute Gasteiger partial charge is 0.448 e. The summed E-state index contributed by atoms with van der Waals surface area (Å²) in [6.45, 7) is 1.52. The number of hydrogen-bond acceptors (Lipinski definition) is 6. The molecule has 0 radical (unpaired) electrons. The number of hydrogen-bond donors (Lipinski definition) is 1. The Labute approximate surface area is 170 Å². The molecule has 3 aromatic rings. The van der Waals surface area contributed by atoms with Gasteiger partial charge in [0.15, 0.2) is 6.10 Å². The van der Waals surface area contributed by atoms with Gasteiger partial charge in [-0.2, -0.15) is 5.26 Å². The number of carbonyl (C=O) groups excluding carboxylic acids is 2. The Balaban J connectivity index is 1.47. The SMILES string of the molecule is C[C@@H](OC(=O)c1cc2c(s1)-c1ccccc1CC2)C(=O)Nc1sccc1C#N. The normalized spacial score (nSPS) is 13.0. The van der Waals surface area contributed by atoms with Gasteiger partial charge in [0.05, 0.1) is 5.56 Å². The van der Waals surface area contributed by atoms with Crippen LogP contribution in [0.1, 0.15) is 33.3 Å². The second kappa shape index (κ2) is 7.58. The van der Waals surface area contributed by atoms with Crippen LogP contribution in [-0.4, -0.2) is 18.0 Å². The Morgan fingerprint density at radius 1 is 1.21 bits per heavy atom. The summed E-state index contributed by atoms with van der Waals surface area (Å²) in [6, 6.07) is 13.7. The summed E-state index contributed by atoms with van der Waals surface area (Å²) in [6.07, 6.45) is 0.879. The van der Waals surface area contributed by atoms with E-state index in [0.717, 1.165) is 23.3 Å². The van der Waals surface area contributed by atoms with Gasteiger partial charge in [-0.05, 0) is 54.0 Å². The fourth-order valence-electron chi connectivity index (χ4n) is 3.15. The number of fused-ring (bicyclic) bond motifs is 3. The van der Waals surface area contributed by atoms with Crippen molar-refractivity contribution in [1.29, 1.82) is 5.26 Å². The molecule has 0 bridgehead atoms. The molecule has 0 saturated carbocycles. The molecule has 5 nitrogen and oxygen atoms in total. The van der Waals surface area contributed by atoms with Gasteiger partial charge in [0.2, 0.25) is 0 Å². The maximum atomic E-state index is 12.6. The van der Waals surface area contributed by atoms with Crippen LogP contribution >= 0.6 is 22.7 Å². The second-order valence-electron chi connectivity index (χ2n) is 6.43. The van der Waals surface area contributed by atoms with Gasteiger partial charge in [-0.3, -0.25) is 4.79 Å². The molecule has 4 rings (SSSR count). The average molecular weight is 409 g/mol. The van der Waals surface area contributed by atoms with Crippen LogP contribution in [0.3, 0.4) is 0 Å². The minimum atomic E-state index is -0.965. The van der Waals surface area contributed by atoms with Crippen molar-refractivity contribution in [3.63, 3.8) is 0 Å². The van der Waals surface area contributed by atoms with Crippen LogP contribution in [0.4, 0.5) is 5.00 Å².